The predicted octanol–water partition coefficient (Wildman–Crippen LogP) is 4.17. The lowest BCUT2D eigenvalue weighted by Gasteiger charge is -2.27. The Bertz CT molecular complexity index is 425. The standard InChI is InChI=1S/C16H24FNOS/c1-16(2,3)11-14(18-15(19)9-10-20-4)12-5-7-13(17)8-6-12/h5-8,14H,9-11H2,1-4H3,(H,18,19)/t14-/m0/s1. The van der Waals surface area contributed by atoms with E-state index < -0.39 is 0 Å². The average molecular weight is 297 g/mol. The van der Waals surface area contributed by atoms with Gasteiger partial charge in [-0.25, -0.2) is 4.39 Å². The number of hydrogen-bond donors (Lipinski definition) is 1. The van der Waals surface area contributed by atoms with Crippen LogP contribution in [0, 0.1) is 11.2 Å². The van der Waals surface area contributed by atoms with E-state index in [1.807, 2.05) is 6.26 Å². The third-order valence-corrected chi connectivity index (χ3v) is 3.57. The highest BCUT2D eigenvalue weighted by atomic mass is 32.2. The van der Waals surface area contributed by atoms with E-state index in [4.69, 9.17) is 0 Å². The van der Waals surface area contributed by atoms with E-state index in [9.17, 15) is 9.18 Å². The molecule has 0 bridgehead atoms. The van der Waals surface area contributed by atoms with Crippen LogP contribution in [0.1, 0.15) is 45.2 Å². The van der Waals surface area contributed by atoms with Crippen LogP contribution in [0.4, 0.5) is 4.39 Å². The Balaban J connectivity index is 2.80. The number of benzene rings is 1. The molecule has 0 unspecified atom stereocenters. The van der Waals surface area contributed by atoms with Crippen LogP contribution in [0.5, 0.6) is 0 Å². The van der Waals surface area contributed by atoms with Gasteiger partial charge in [-0.3, -0.25) is 4.79 Å². The zero-order valence-corrected chi connectivity index (χ0v) is 13.5. The van der Waals surface area contributed by atoms with Crippen molar-refractivity contribution in [3.63, 3.8) is 0 Å². The maximum absolute atomic E-state index is 13.0. The van der Waals surface area contributed by atoms with E-state index in [0.29, 0.717) is 6.42 Å². The quantitative estimate of drug-likeness (QED) is 0.853. The molecule has 0 aliphatic carbocycles. The molecule has 1 amide bonds. The molecule has 112 valence electrons. The monoisotopic (exact) mass is 297 g/mol. The Labute approximate surface area is 125 Å². The van der Waals surface area contributed by atoms with Crippen LogP contribution in [-0.2, 0) is 4.79 Å². The van der Waals surface area contributed by atoms with E-state index in [-0.39, 0.29) is 23.2 Å². The first-order chi connectivity index (χ1) is 9.31. The van der Waals surface area contributed by atoms with Crippen molar-refractivity contribution in [2.24, 2.45) is 5.41 Å². The fourth-order valence-electron chi connectivity index (χ4n) is 2.02. The zero-order chi connectivity index (χ0) is 15.2. The molecular formula is C16H24FNOS. The summed E-state index contributed by atoms with van der Waals surface area (Å²) in [5.74, 6) is 0.618. The van der Waals surface area contributed by atoms with Crippen molar-refractivity contribution in [2.75, 3.05) is 12.0 Å². The first-order valence-corrected chi connectivity index (χ1v) is 8.25. The lowest BCUT2D eigenvalue weighted by molar-refractivity contribution is -0.121. The van der Waals surface area contributed by atoms with E-state index in [0.717, 1.165) is 17.7 Å². The van der Waals surface area contributed by atoms with Gasteiger partial charge in [-0.05, 0) is 35.8 Å². The second kappa shape index (κ2) is 7.67. The summed E-state index contributed by atoms with van der Waals surface area (Å²) in [4.78, 5) is 11.9. The molecule has 1 aromatic rings. The summed E-state index contributed by atoms with van der Waals surface area (Å²) in [7, 11) is 0. The lowest BCUT2D eigenvalue weighted by Crippen LogP contribution is -2.31. The molecule has 4 heteroatoms. The Hall–Kier alpha value is -1.03. The molecule has 20 heavy (non-hydrogen) atoms. The van der Waals surface area contributed by atoms with Crippen LogP contribution in [0.2, 0.25) is 0 Å². The number of halogens is 1. The second-order valence-electron chi connectivity index (χ2n) is 6.18. The Morgan fingerprint density at radius 2 is 1.90 bits per heavy atom. The van der Waals surface area contributed by atoms with Crippen molar-refractivity contribution in [3.05, 3.63) is 35.6 Å². The van der Waals surface area contributed by atoms with E-state index in [1.54, 1.807) is 23.9 Å². The number of rotatable bonds is 6. The smallest absolute Gasteiger partial charge is 0.221 e. The van der Waals surface area contributed by atoms with Gasteiger partial charge in [0.05, 0.1) is 6.04 Å². The number of amides is 1. The summed E-state index contributed by atoms with van der Waals surface area (Å²) in [5, 5.41) is 3.07. The molecule has 1 aromatic carbocycles. The Kier molecular flexibility index (Phi) is 6.53. The van der Waals surface area contributed by atoms with Crippen molar-refractivity contribution in [1.29, 1.82) is 0 Å². The minimum atomic E-state index is -0.253. The topological polar surface area (TPSA) is 29.1 Å². The molecule has 0 heterocycles. The van der Waals surface area contributed by atoms with Gasteiger partial charge in [0, 0.05) is 12.2 Å². The van der Waals surface area contributed by atoms with Crippen LogP contribution in [0.15, 0.2) is 24.3 Å². The fraction of sp³-hybridized carbons (Fsp3) is 0.562. The number of carbonyl (C=O) groups is 1. The van der Waals surface area contributed by atoms with Crippen molar-refractivity contribution in [2.45, 2.75) is 39.7 Å². The molecule has 1 rings (SSSR count). The maximum Gasteiger partial charge on any atom is 0.221 e. The summed E-state index contributed by atoms with van der Waals surface area (Å²) in [6, 6.07) is 6.32. The van der Waals surface area contributed by atoms with Crippen LogP contribution in [-0.4, -0.2) is 17.9 Å². The zero-order valence-electron chi connectivity index (χ0n) is 12.7. The normalized spacial score (nSPS) is 13.1. The molecule has 0 radical (unpaired) electrons. The van der Waals surface area contributed by atoms with Crippen molar-refractivity contribution in [1.82, 2.24) is 5.32 Å². The van der Waals surface area contributed by atoms with Gasteiger partial charge in [0.2, 0.25) is 5.91 Å². The van der Waals surface area contributed by atoms with Crippen molar-refractivity contribution >= 4 is 17.7 Å². The first kappa shape index (κ1) is 17.0. The third-order valence-electron chi connectivity index (χ3n) is 2.96. The number of nitrogens with one attached hydrogen (secondary N) is 1. The second-order valence-corrected chi connectivity index (χ2v) is 7.16. The van der Waals surface area contributed by atoms with Gasteiger partial charge < -0.3 is 5.32 Å². The molecule has 0 saturated carbocycles. The van der Waals surface area contributed by atoms with Gasteiger partial charge in [0.25, 0.3) is 0 Å². The third kappa shape index (κ3) is 6.42. The van der Waals surface area contributed by atoms with E-state index in [2.05, 4.69) is 26.1 Å². The summed E-state index contributed by atoms with van der Waals surface area (Å²) >= 11 is 1.66. The first-order valence-electron chi connectivity index (χ1n) is 6.85. The summed E-state index contributed by atoms with van der Waals surface area (Å²) in [6.45, 7) is 6.41. The van der Waals surface area contributed by atoms with E-state index >= 15 is 0 Å². The van der Waals surface area contributed by atoms with Crippen LogP contribution in [0.25, 0.3) is 0 Å². The molecule has 0 fully saturated rings. The number of hydrogen-bond acceptors (Lipinski definition) is 2. The van der Waals surface area contributed by atoms with Crippen LogP contribution < -0.4 is 5.32 Å². The highest BCUT2D eigenvalue weighted by Crippen LogP contribution is 2.29. The van der Waals surface area contributed by atoms with Gasteiger partial charge >= 0.3 is 0 Å². The minimum absolute atomic E-state index is 0.0536. The highest BCUT2D eigenvalue weighted by molar-refractivity contribution is 7.98. The summed E-state index contributed by atoms with van der Waals surface area (Å²) in [5.41, 5.74) is 1.05. The minimum Gasteiger partial charge on any atom is -0.349 e. The number of thioether (sulfide) groups is 1. The van der Waals surface area contributed by atoms with Crippen molar-refractivity contribution < 1.29 is 9.18 Å². The lowest BCUT2D eigenvalue weighted by atomic mass is 9.85. The average Bonchev–Trinajstić information content (AvgIpc) is 2.35. The SMILES string of the molecule is CSCCC(=O)N[C@@H](CC(C)(C)C)c1ccc(F)cc1. The summed E-state index contributed by atoms with van der Waals surface area (Å²) in [6.07, 6.45) is 3.33. The molecule has 0 aliphatic heterocycles. The van der Waals surface area contributed by atoms with Crippen LogP contribution >= 0.6 is 11.8 Å². The largest absolute Gasteiger partial charge is 0.349 e. The molecule has 0 aromatic heterocycles. The summed E-state index contributed by atoms with van der Waals surface area (Å²) < 4.78 is 13.0. The molecule has 2 nitrogen and oxygen atoms in total. The van der Waals surface area contributed by atoms with Gasteiger partial charge in [0.15, 0.2) is 0 Å². The highest BCUT2D eigenvalue weighted by Gasteiger charge is 2.21. The molecular weight excluding hydrogens is 273 g/mol. The van der Waals surface area contributed by atoms with Gasteiger partial charge in [-0.15, -0.1) is 0 Å². The fourth-order valence-corrected chi connectivity index (χ4v) is 2.41. The van der Waals surface area contributed by atoms with Gasteiger partial charge in [0.1, 0.15) is 5.82 Å². The number of carbonyl (C=O) groups excluding carboxylic acids is 1. The van der Waals surface area contributed by atoms with Crippen LogP contribution in [0.3, 0.4) is 0 Å². The Morgan fingerprint density at radius 3 is 2.40 bits per heavy atom. The Morgan fingerprint density at radius 1 is 1.30 bits per heavy atom. The molecule has 0 saturated heterocycles. The van der Waals surface area contributed by atoms with E-state index in [1.165, 1.54) is 12.1 Å². The molecule has 0 aliphatic rings. The van der Waals surface area contributed by atoms with Gasteiger partial charge in [-0.2, -0.15) is 11.8 Å². The maximum atomic E-state index is 13.0. The van der Waals surface area contributed by atoms with Crippen molar-refractivity contribution in [3.8, 4) is 0 Å². The molecule has 0 spiro atoms. The molecule has 1 atom stereocenters. The predicted molar refractivity (Wildman–Crippen MR) is 84.4 cm³/mol. The molecule has 1 N–H and O–H groups in total. The van der Waals surface area contributed by atoms with Gasteiger partial charge in [-0.1, -0.05) is 32.9 Å².